The Labute approximate surface area is 488 Å². The molecule has 11 rings (SSSR count). The predicted octanol–water partition coefficient (Wildman–Crippen LogP) is 21.5. The van der Waals surface area contributed by atoms with E-state index >= 15 is 0 Å². The number of hydrogen-bond donors (Lipinski definition) is 0. The second-order valence-corrected chi connectivity index (χ2v) is 20.1. The average molecular weight is 1070 g/mol. The average Bonchev–Trinajstić information content (AvgIpc) is 3.66. The lowest BCUT2D eigenvalue weighted by molar-refractivity contribution is 0.914. The number of aryl methyl sites for hydroxylation is 3. The summed E-state index contributed by atoms with van der Waals surface area (Å²) in [7, 11) is 0. The van der Waals surface area contributed by atoms with E-state index in [4.69, 9.17) is 19.9 Å². The highest BCUT2D eigenvalue weighted by Gasteiger charge is 2.15. The third kappa shape index (κ3) is 14.1. The minimum atomic E-state index is 0.379. The van der Waals surface area contributed by atoms with Crippen LogP contribution in [0.2, 0.25) is 0 Å². The molecule has 1 unspecified atom stereocenters. The lowest BCUT2D eigenvalue weighted by Gasteiger charge is -2.14. The van der Waals surface area contributed by atoms with Gasteiger partial charge in [-0.3, -0.25) is 9.98 Å². The minimum absolute atomic E-state index is 0.379. The molecule has 0 N–H and O–H groups in total. The van der Waals surface area contributed by atoms with Crippen molar-refractivity contribution in [2.45, 2.75) is 107 Å². The van der Waals surface area contributed by atoms with Crippen LogP contribution in [0.15, 0.2) is 223 Å². The van der Waals surface area contributed by atoms with Gasteiger partial charge >= 0.3 is 0 Å². The summed E-state index contributed by atoms with van der Waals surface area (Å²) in [6.45, 7) is 24.7. The Kier molecular flexibility index (Phi) is 20.9. The molecule has 0 radical (unpaired) electrons. The van der Waals surface area contributed by atoms with Gasteiger partial charge in [-0.2, -0.15) is 0 Å². The number of allylic oxidation sites excluding steroid dienone is 13. The van der Waals surface area contributed by atoms with E-state index in [9.17, 15) is 0 Å². The fraction of sp³-hybridized carbons (Fsp3) is 0.208. The van der Waals surface area contributed by atoms with Gasteiger partial charge in [0, 0.05) is 39.5 Å². The number of aromatic nitrogens is 4. The summed E-state index contributed by atoms with van der Waals surface area (Å²) in [5.41, 5.74) is 23.1. The van der Waals surface area contributed by atoms with Crippen molar-refractivity contribution >= 4 is 61.8 Å². The molecule has 412 valence electrons. The second-order valence-electron chi connectivity index (χ2n) is 20.1. The predicted molar refractivity (Wildman–Crippen MR) is 357 cm³/mol. The van der Waals surface area contributed by atoms with Crippen LogP contribution in [0.5, 0.6) is 0 Å². The Morgan fingerprint density at radius 2 is 1.34 bits per heavy atom. The number of fused-ring (bicyclic) bond motifs is 3. The molecular formula is C77H79N5. The highest BCUT2D eigenvalue weighted by Crippen LogP contribution is 2.35. The standard InChI is InChI=1S/C56H46N4.C17H21N.2C2H6/c1-4-14-42(19-12-21-50-27-22-38(3)55(58-50)56-39(5-2)20-13-32-57-56)51-30-25-45-33-43(23-28-52(45)59-51)44-24-29-53-46(34-44)26-31-54(60-53)49-36-47(40-15-8-6-9-16-40)35-48(37-49)41-17-10-7-11-18-41;1-5-7-12(3)16-11-10-15-9-8-14(6-2)13(4)17(15)18-16;2*1-2/h4-6,8-10,12,14-19,21-37H,2,7,11,13,20H2,1,3H3;5,7-12H,6H2,1-4H3;2*1-2H3/b14-4-,21-12+,42-19+;7-5-;;. The monoisotopic (exact) mass is 1070 g/mol. The number of aliphatic imine (C=N–C) groups is 1. The third-order valence-electron chi connectivity index (χ3n) is 14.8. The summed E-state index contributed by atoms with van der Waals surface area (Å²) in [5.74, 6) is 0.379. The van der Waals surface area contributed by atoms with E-state index in [1.807, 2.05) is 71.2 Å². The van der Waals surface area contributed by atoms with Crippen molar-refractivity contribution in [2.75, 3.05) is 0 Å². The first-order valence-corrected chi connectivity index (χ1v) is 29.5. The normalized spacial score (nSPS) is 13.7. The van der Waals surface area contributed by atoms with Gasteiger partial charge in [-0.25, -0.2) is 15.0 Å². The van der Waals surface area contributed by atoms with E-state index in [2.05, 4.69) is 228 Å². The number of hydrogen-bond acceptors (Lipinski definition) is 5. The van der Waals surface area contributed by atoms with E-state index in [0.717, 1.165) is 127 Å². The molecule has 0 amide bonds. The number of pyridine rings is 4. The number of nitrogens with zero attached hydrogens (tertiary/aromatic N) is 5. The molecule has 1 aliphatic carbocycles. The Morgan fingerprint density at radius 1 is 0.634 bits per heavy atom. The van der Waals surface area contributed by atoms with Crippen LogP contribution in [0, 0.1) is 13.8 Å². The highest BCUT2D eigenvalue weighted by atomic mass is 14.8. The zero-order chi connectivity index (χ0) is 58.0. The van der Waals surface area contributed by atoms with Gasteiger partial charge in [-0.15, -0.1) is 0 Å². The SMILES string of the molecule is C/C=C\C(C)c1ccc2ccc(CC)c(C)c2n1.C=CC1=C(c2nc(/C=C/C=C(\C=C/C)c3ccc4cc(-c5ccc6nc(-c7cc(C8=CCCC=C8)cc(-c8ccccc8)c7)ccc6c5)ccc4n3)ccc2C)N=CCC1.CC.CC. The van der Waals surface area contributed by atoms with Crippen molar-refractivity contribution in [1.82, 2.24) is 19.9 Å². The molecule has 1 atom stereocenters. The molecule has 5 aromatic carbocycles. The van der Waals surface area contributed by atoms with Gasteiger partial charge in [0.2, 0.25) is 0 Å². The van der Waals surface area contributed by atoms with Crippen LogP contribution in [0.1, 0.15) is 132 Å². The van der Waals surface area contributed by atoms with E-state index in [1.54, 1.807) is 0 Å². The first kappa shape index (κ1) is 59.2. The van der Waals surface area contributed by atoms with Crippen LogP contribution in [-0.2, 0) is 6.42 Å². The van der Waals surface area contributed by atoms with Crippen LogP contribution in [0.25, 0.3) is 89.1 Å². The van der Waals surface area contributed by atoms with E-state index in [1.165, 1.54) is 38.8 Å². The second kappa shape index (κ2) is 29.0. The molecule has 0 saturated carbocycles. The van der Waals surface area contributed by atoms with Crippen LogP contribution < -0.4 is 0 Å². The zero-order valence-corrected chi connectivity index (χ0v) is 49.8. The van der Waals surface area contributed by atoms with Gasteiger partial charge in [0.05, 0.1) is 45.0 Å². The van der Waals surface area contributed by atoms with E-state index in [0.29, 0.717) is 5.92 Å². The van der Waals surface area contributed by atoms with Gasteiger partial charge in [0.25, 0.3) is 0 Å². The Balaban J connectivity index is 0.000000337. The lowest BCUT2D eigenvalue weighted by atomic mass is 9.92. The highest BCUT2D eigenvalue weighted by molar-refractivity contribution is 5.92. The quantitative estimate of drug-likeness (QED) is 0.0852. The first-order valence-electron chi connectivity index (χ1n) is 29.5. The Bertz CT molecular complexity index is 3970. The summed E-state index contributed by atoms with van der Waals surface area (Å²) in [6, 6.07) is 52.0. The topological polar surface area (TPSA) is 63.9 Å². The summed E-state index contributed by atoms with van der Waals surface area (Å²) >= 11 is 0. The number of rotatable bonds is 13. The van der Waals surface area contributed by atoms with Gasteiger partial charge in [-0.05, 0) is 194 Å². The molecule has 82 heavy (non-hydrogen) atoms. The fourth-order valence-corrected chi connectivity index (χ4v) is 10.4. The zero-order valence-electron chi connectivity index (χ0n) is 49.8. The lowest BCUT2D eigenvalue weighted by Crippen LogP contribution is -2.01. The van der Waals surface area contributed by atoms with Crippen molar-refractivity contribution in [3.8, 4) is 33.5 Å². The molecule has 0 spiro atoms. The van der Waals surface area contributed by atoms with E-state index < -0.39 is 0 Å². The maximum Gasteiger partial charge on any atom is 0.0925 e. The van der Waals surface area contributed by atoms with Crippen molar-refractivity contribution < 1.29 is 0 Å². The molecule has 1 aliphatic heterocycles. The van der Waals surface area contributed by atoms with E-state index in [-0.39, 0.29) is 0 Å². The maximum absolute atomic E-state index is 5.19. The number of benzene rings is 5. The Morgan fingerprint density at radius 3 is 2.05 bits per heavy atom. The molecule has 9 aromatic rings. The van der Waals surface area contributed by atoms with Gasteiger partial charge in [0.1, 0.15) is 0 Å². The summed E-state index contributed by atoms with van der Waals surface area (Å²) in [6.07, 6.45) is 30.4. The molecule has 0 fully saturated rings. The molecule has 4 aromatic heterocycles. The van der Waals surface area contributed by atoms with Crippen molar-refractivity contribution in [2.24, 2.45) is 4.99 Å². The van der Waals surface area contributed by atoms with Crippen LogP contribution in [-0.4, -0.2) is 26.2 Å². The summed E-state index contributed by atoms with van der Waals surface area (Å²) < 4.78 is 0. The fourth-order valence-electron chi connectivity index (χ4n) is 10.4. The van der Waals surface area contributed by atoms with Crippen molar-refractivity contribution in [3.63, 3.8) is 0 Å². The smallest absolute Gasteiger partial charge is 0.0925 e. The third-order valence-corrected chi connectivity index (χ3v) is 14.8. The molecule has 5 heterocycles. The van der Waals surface area contributed by atoms with Crippen molar-refractivity contribution in [1.29, 1.82) is 0 Å². The molecule has 0 saturated heterocycles. The van der Waals surface area contributed by atoms with Gasteiger partial charge in [-0.1, -0.05) is 188 Å². The first-order chi connectivity index (χ1) is 40.2. The summed E-state index contributed by atoms with van der Waals surface area (Å²) in [4.78, 5) is 24.8. The van der Waals surface area contributed by atoms with Crippen molar-refractivity contribution in [3.05, 3.63) is 264 Å². The van der Waals surface area contributed by atoms with Crippen LogP contribution in [0.4, 0.5) is 0 Å². The van der Waals surface area contributed by atoms with Gasteiger partial charge in [0.15, 0.2) is 0 Å². The van der Waals surface area contributed by atoms with Crippen LogP contribution in [0.3, 0.4) is 0 Å². The van der Waals surface area contributed by atoms with Gasteiger partial charge < -0.3 is 0 Å². The van der Waals surface area contributed by atoms with Crippen LogP contribution >= 0.6 is 0 Å². The molecule has 5 heteroatoms. The molecule has 2 aliphatic rings. The molecular weight excluding hydrogens is 995 g/mol. The molecule has 5 nitrogen and oxygen atoms in total. The minimum Gasteiger partial charge on any atom is -0.259 e. The maximum atomic E-state index is 5.19. The molecule has 0 bridgehead atoms. The Hall–Kier alpha value is -8.93. The largest absolute Gasteiger partial charge is 0.259 e. The summed E-state index contributed by atoms with van der Waals surface area (Å²) in [5, 5.41) is 3.43.